The highest BCUT2D eigenvalue weighted by Crippen LogP contribution is 2.30. The molecule has 3 rings (SSSR count). The number of carbonyl (C=O) groups is 2. The normalized spacial score (nSPS) is 20.5. The summed E-state index contributed by atoms with van der Waals surface area (Å²) in [7, 11) is 0. The van der Waals surface area contributed by atoms with E-state index in [1.807, 2.05) is 0 Å². The zero-order chi connectivity index (χ0) is 15.0. The number of ether oxygens (including phenoxy) is 1. The first-order chi connectivity index (χ1) is 10.0. The van der Waals surface area contributed by atoms with Gasteiger partial charge in [0, 0.05) is 23.7 Å². The summed E-state index contributed by atoms with van der Waals surface area (Å²) < 4.78 is 5.56. The van der Waals surface area contributed by atoms with Crippen LogP contribution in [0.15, 0.2) is 23.8 Å². The summed E-state index contributed by atoms with van der Waals surface area (Å²) in [5, 5.41) is 9.57. The smallest absolute Gasteiger partial charge is 0.308 e. The van der Waals surface area contributed by atoms with Crippen molar-refractivity contribution in [1.82, 2.24) is 4.90 Å². The molecule has 1 aromatic rings. The Balaban J connectivity index is 1.79. The van der Waals surface area contributed by atoms with Gasteiger partial charge in [-0.25, -0.2) is 0 Å². The van der Waals surface area contributed by atoms with Crippen LogP contribution in [-0.2, 0) is 9.59 Å². The zero-order valence-corrected chi connectivity index (χ0v) is 12.0. The van der Waals surface area contributed by atoms with Gasteiger partial charge in [-0.15, -0.1) is 0 Å². The first-order valence-corrected chi connectivity index (χ1v) is 7.07. The maximum Gasteiger partial charge on any atom is 0.308 e. The van der Waals surface area contributed by atoms with Crippen LogP contribution in [-0.4, -0.2) is 41.6 Å². The van der Waals surface area contributed by atoms with Crippen LogP contribution >= 0.6 is 11.6 Å². The molecule has 1 saturated heterocycles. The Hall–Kier alpha value is -2.01. The van der Waals surface area contributed by atoms with Crippen molar-refractivity contribution in [3.05, 3.63) is 34.4 Å². The highest BCUT2D eigenvalue weighted by molar-refractivity contribution is 6.30. The second-order valence-corrected chi connectivity index (χ2v) is 5.65. The molecule has 1 fully saturated rings. The van der Waals surface area contributed by atoms with Gasteiger partial charge in [0.15, 0.2) is 0 Å². The summed E-state index contributed by atoms with van der Waals surface area (Å²) in [6.07, 6.45) is 2.26. The molecule has 0 radical (unpaired) electrons. The average Bonchev–Trinajstić information content (AvgIpc) is 2.95. The summed E-state index contributed by atoms with van der Waals surface area (Å²) in [6, 6.07) is 5.25. The summed E-state index contributed by atoms with van der Waals surface area (Å²) in [4.78, 5) is 24.9. The maximum absolute atomic E-state index is 12.4. The molecule has 1 N–H and O–H groups in total. The van der Waals surface area contributed by atoms with E-state index in [2.05, 4.69) is 0 Å². The lowest BCUT2D eigenvalue weighted by Gasteiger charge is -2.22. The second-order valence-electron chi connectivity index (χ2n) is 5.22. The largest absolute Gasteiger partial charge is 0.488 e. The van der Waals surface area contributed by atoms with Gasteiger partial charge in [0.1, 0.15) is 12.4 Å². The summed E-state index contributed by atoms with van der Waals surface area (Å²) >= 11 is 5.94. The van der Waals surface area contributed by atoms with Crippen molar-refractivity contribution in [2.75, 3.05) is 19.7 Å². The summed E-state index contributed by atoms with van der Waals surface area (Å²) in [5.41, 5.74) is 1.29. The third-order valence-electron chi connectivity index (χ3n) is 3.78. The van der Waals surface area contributed by atoms with Gasteiger partial charge in [0.25, 0.3) is 5.91 Å². The van der Waals surface area contributed by atoms with Crippen LogP contribution in [0.1, 0.15) is 12.0 Å². The minimum absolute atomic E-state index is 0.163. The Morgan fingerprint density at radius 1 is 1.38 bits per heavy atom. The van der Waals surface area contributed by atoms with Crippen LogP contribution in [0.25, 0.3) is 6.08 Å². The van der Waals surface area contributed by atoms with E-state index in [1.54, 1.807) is 29.2 Å². The monoisotopic (exact) mass is 307 g/mol. The van der Waals surface area contributed by atoms with E-state index < -0.39 is 11.9 Å². The highest BCUT2D eigenvalue weighted by atomic mass is 35.5. The van der Waals surface area contributed by atoms with Gasteiger partial charge in [-0.2, -0.15) is 0 Å². The number of aliphatic carboxylic acids is 1. The van der Waals surface area contributed by atoms with Crippen LogP contribution in [0, 0.1) is 5.92 Å². The van der Waals surface area contributed by atoms with Gasteiger partial charge in [-0.3, -0.25) is 9.59 Å². The molecule has 1 amide bonds. The van der Waals surface area contributed by atoms with Crippen molar-refractivity contribution in [3.8, 4) is 5.75 Å². The fourth-order valence-corrected chi connectivity index (χ4v) is 2.80. The van der Waals surface area contributed by atoms with Crippen molar-refractivity contribution >= 4 is 29.6 Å². The van der Waals surface area contributed by atoms with Gasteiger partial charge in [0.2, 0.25) is 0 Å². The van der Waals surface area contributed by atoms with E-state index in [0.717, 1.165) is 5.56 Å². The number of carboxylic acid groups (broad SMARTS) is 1. The third-order valence-corrected chi connectivity index (χ3v) is 4.02. The number of carboxylic acids is 1. The van der Waals surface area contributed by atoms with Gasteiger partial charge in [-0.05, 0) is 30.7 Å². The number of nitrogens with zero attached hydrogens (tertiary/aromatic N) is 1. The molecular formula is C15H14ClNO4. The van der Waals surface area contributed by atoms with Crippen molar-refractivity contribution < 1.29 is 19.4 Å². The van der Waals surface area contributed by atoms with Crippen LogP contribution < -0.4 is 4.74 Å². The lowest BCUT2D eigenvalue weighted by Crippen LogP contribution is -2.33. The van der Waals surface area contributed by atoms with E-state index in [4.69, 9.17) is 21.4 Å². The quantitative estimate of drug-likeness (QED) is 0.908. The van der Waals surface area contributed by atoms with E-state index >= 15 is 0 Å². The predicted octanol–water partition coefficient (Wildman–Crippen LogP) is 2.05. The second kappa shape index (κ2) is 5.41. The van der Waals surface area contributed by atoms with Crippen LogP contribution in [0.5, 0.6) is 5.75 Å². The molecule has 2 aliphatic heterocycles. The van der Waals surface area contributed by atoms with Crippen molar-refractivity contribution in [3.63, 3.8) is 0 Å². The minimum atomic E-state index is -0.851. The van der Waals surface area contributed by atoms with E-state index in [9.17, 15) is 9.59 Å². The van der Waals surface area contributed by atoms with Crippen molar-refractivity contribution in [2.24, 2.45) is 5.92 Å². The molecule has 2 heterocycles. The number of rotatable bonds is 2. The van der Waals surface area contributed by atoms with E-state index in [1.165, 1.54) is 0 Å². The van der Waals surface area contributed by atoms with Gasteiger partial charge in [-0.1, -0.05) is 11.6 Å². The van der Waals surface area contributed by atoms with Crippen LogP contribution in [0.4, 0.5) is 0 Å². The Bertz CT molecular complexity index is 641. The first-order valence-electron chi connectivity index (χ1n) is 6.69. The Morgan fingerprint density at radius 2 is 2.19 bits per heavy atom. The number of amides is 1. The van der Waals surface area contributed by atoms with Crippen molar-refractivity contribution in [2.45, 2.75) is 6.42 Å². The number of halogens is 1. The Morgan fingerprint density at radius 3 is 2.90 bits per heavy atom. The number of carbonyl (C=O) groups excluding carboxylic acids is 1. The lowest BCUT2D eigenvalue weighted by molar-refractivity contribution is -0.141. The van der Waals surface area contributed by atoms with E-state index in [0.29, 0.717) is 29.3 Å². The molecular weight excluding hydrogens is 294 g/mol. The molecule has 2 aliphatic rings. The molecule has 110 valence electrons. The fourth-order valence-electron chi connectivity index (χ4n) is 2.62. The molecule has 1 aromatic carbocycles. The van der Waals surface area contributed by atoms with Crippen LogP contribution in [0.2, 0.25) is 5.02 Å². The topological polar surface area (TPSA) is 66.8 Å². The predicted molar refractivity (Wildman–Crippen MR) is 77.2 cm³/mol. The lowest BCUT2D eigenvalue weighted by atomic mass is 10.1. The summed E-state index contributed by atoms with van der Waals surface area (Å²) in [6.45, 7) is 0.922. The number of hydrogen-bond donors (Lipinski definition) is 1. The molecule has 0 aliphatic carbocycles. The minimum Gasteiger partial charge on any atom is -0.488 e. The molecule has 0 unspecified atom stereocenters. The molecule has 0 aromatic heterocycles. The number of benzene rings is 1. The highest BCUT2D eigenvalue weighted by Gasteiger charge is 2.32. The summed E-state index contributed by atoms with van der Waals surface area (Å²) in [5.74, 6) is -0.790. The van der Waals surface area contributed by atoms with Gasteiger partial charge >= 0.3 is 5.97 Å². The number of hydrogen-bond acceptors (Lipinski definition) is 3. The fraction of sp³-hybridized carbons (Fsp3) is 0.333. The maximum atomic E-state index is 12.4. The SMILES string of the molecule is O=C(O)[C@H]1CCN(C(=O)C2=Cc3cc(Cl)ccc3OC2)C1. The Labute approximate surface area is 126 Å². The molecule has 6 heteroatoms. The Kier molecular flexibility index (Phi) is 3.59. The molecule has 21 heavy (non-hydrogen) atoms. The van der Waals surface area contributed by atoms with Gasteiger partial charge < -0.3 is 14.7 Å². The van der Waals surface area contributed by atoms with Crippen LogP contribution in [0.3, 0.4) is 0 Å². The van der Waals surface area contributed by atoms with Gasteiger partial charge in [0.05, 0.1) is 11.5 Å². The molecule has 0 spiro atoms. The molecule has 1 atom stereocenters. The first kappa shape index (κ1) is 13.9. The third kappa shape index (κ3) is 2.74. The van der Waals surface area contributed by atoms with Crippen molar-refractivity contribution in [1.29, 1.82) is 0 Å². The molecule has 0 saturated carbocycles. The molecule has 5 nitrogen and oxygen atoms in total. The molecule has 0 bridgehead atoms. The number of likely N-dealkylation sites (tertiary alicyclic amines) is 1. The standard InChI is InChI=1S/C15H14ClNO4/c16-12-1-2-13-10(6-12)5-11(8-21-13)14(18)17-4-3-9(7-17)15(19)20/h1-2,5-6,9H,3-4,7-8H2,(H,19,20)/t9-/m0/s1. The number of fused-ring (bicyclic) bond motifs is 1. The van der Waals surface area contributed by atoms with E-state index in [-0.39, 0.29) is 19.1 Å². The zero-order valence-electron chi connectivity index (χ0n) is 11.2. The average molecular weight is 308 g/mol.